The molecule has 0 atom stereocenters. The van der Waals surface area contributed by atoms with Crippen LogP contribution in [0.5, 0.6) is 0 Å². The van der Waals surface area contributed by atoms with Gasteiger partial charge < -0.3 is 9.30 Å². The number of ether oxygens (including phenoxy) is 1. The first-order valence-corrected chi connectivity index (χ1v) is 10.6. The molecule has 0 spiro atoms. The van der Waals surface area contributed by atoms with Gasteiger partial charge in [0.25, 0.3) is 0 Å². The third-order valence-electron chi connectivity index (χ3n) is 4.39. The Hall–Kier alpha value is -2.32. The van der Waals surface area contributed by atoms with Crippen molar-refractivity contribution in [3.63, 3.8) is 0 Å². The molecule has 0 saturated heterocycles. The first-order chi connectivity index (χ1) is 13.7. The van der Waals surface area contributed by atoms with E-state index in [9.17, 15) is 4.79 Å². The zero-order valence-electron chi connectivity index (χ0n) is 15.1. The van der Waals surface area contributed by atoms with Crippen LogP contribution in [0.1, 0.15) is 15.9 Å². The van der Waals surface area contributed by atoms with E-state index in [0.29, 0.717) is 5.56 Å². The van der Waals surface area contributed by atoms with Gasteiger partial charge in [0.1, 0.15) is 0 Å². The molecule has 1 aromatic heterocycles. The highest BCUT2D eigenvalue weighted by Crippen LogP contribution is 2.31. The molecule has 0 unspecified atom stereocenters. The molecule has 4 nitrogen and oxygen atoms in total. The molecule has 0 aliphatic carbocycles. The number of esters is 1. The Balaban J connectivity index is 1.70. The number of carbonyl (C=O) groups excluding carboxylic acids is 1. The van der Waals surface area contributed by atoms with E-state index in [1.165, 1.54) is 16.2 Å². The molecule has 6 heteroatoms. The second-order valence-electron chi connectivity index (χ2n) is 6.18. The van der Waals surface area contributed by atoms with E-state index in [0.717, 1.165) is 27.6 Å². The highest BCUT2D eigenvalue weighted by atomic mass is 127. The Bertz CT molecular complexity index is 1140. The monoisotopic (exact) mass is 500 g/mol. The number of para-hydroxylation sites is 2. The molecule has 140 valence electrons. The lowest BCUT2D eigenvalue weighted by molar-refractivity contribution is 0.0600. The number of halogens is 1. The second-order valence-corrected chi connectivity index (χ2v) is 8.38. The normalized spacial score (nSPS) is 10.9. The first kappa shape index (κ1) is 19.0. The van der Waals surface area contributed by atoms with Gasteiger partial charge in [-0.2, -0.15) is 0 Å². The maximum absolute atomic E-state index is 11.6. The van der Waals surface area contributed by atoms with Gasteiger partial charge in [0, 0.05) is 8.47 Å². The quantitative estimate of drug-likeness (QED) is 0.263. The highest BCUT2D eigenvalue weighted by Gasteiger charge is 2.14. The van der Waals surface area contributed by atoms with Gasteiger partial charge in [-0.05, 0) is 70.6 Å². The minimum Gasteiger partial charge on any atom is -0.465 e. The smallest absolute Gasteiger partial charge is 0.337 e. The van der Waals surface area contributed by atoms with Crippen molar-refractivity contribution in [2.45, 2.75) is 16.6 Å². The third kappa shape index (κ3) is 3.93. The lowest BCUT2D eigenvalue weighted by Gasteiger charge is -2.11. The van der Waals surface area contributed by atoms with Crippen molar-refractivity contribution in [1.82, 2.24) is 9.55 Å². The largest absolute Gasteiger partial charge is 0.465 e. The van der Waals surface area contributed by atoms with Crippen LogP contribution in [0.2, 0.25) is 0 Å². The summed E-state index contributed by atoms with van der Waals surface area (Å²) in [5.74, 6) is -0.331. The number of rotatable bonds is 5. The predicted molar refractivity (Wildman–Crippen MR) is 120 cm³/mol. The second kappa shape index (κ2) is 8.36. The van der Waals surface area contributed by atoms with Crippen LogP contribution in [0.15, 0.2) is 82.8 Å². The Labute approximate surface area is 181 Å². The van der Waals surface area contributed by atoms with Gasteiger partial charge in [-0.15, -0.1) is 0 Å². The molecule has 0 bridgehead atoms. The number of hydrogen-bond acceptors (Lipinski definition) is 4. The van der Waals surface area contributed by atoms with Crippen molar-refractivity contribution in [3.05, 3.63) is 87.5 Å². The van der Waals surface area contributed by atoms with Gasteiger partial charge in [0.2, 0.25) is 0 Å². The maximum atomic E-state index is 11.6. The number of benzene rings is 3. The number of fused-ring (bicyclic) bond motifs is 1. The van der Waals surface area contributed by atoms with Crippen LogP contribution in [0.3, 0.4) is 0 Å². The van der Waals surface area contributed by atoms with Gasteiger partial charge >= 0.3 is 5.97 Å². The Morgan fingerprint density at radius 1 is 1.04 bits per heavy atom. The molecule has 1 heterocycles. The van der Waals surface area contributed by atoms with E-state index in [1.807, 2.05) is 30.3 Å². The van der Waals surface area contributed by atoms with Crippen molar-refractivity contribution in [3.8, 4) is 0 Å². The van der Waals surface area contributed by atoms with Crippen LogP contribution >= 0.6 is 34.4 Å². The summed E-state index contributed by atoms with van der Waals surface area (Å²) in [6, 6.07) is 24.0. The summed E-state index contributed by atoms with van der Waals surface area (Å²) in [6.45, 7) is 0.752. The molecule has 0 amide bonds. The molecular formula is C22H17IN2O2S. The van der Waals surface area contributed by atoms with E-state index in [1.54, 1.807) is 23.9 Å². The topological polar surface area (TPSA) is 44.1 Å². The molecule has 0 fully saturated rings. The van der Waals surface area contributed by atoms with Gasteiger partial charge in [-0.25, -0.2) is 9.78 Å². The van der Waals surface area contributed by atoms with E-state index < -0.39 is 0 Å². The first-order valence-electron chi connectivity index (χ1n) is 8.70. The number of hydrogen-bond donors (Lipinski definition) is 0. The van der Waals surface area contributed by atoms with Crippen LogP contribution in [0.4, 0.5) is 0 Å². The fourth-order valence-electron chi connectivity index (χ4n) is 2.96. The fourth-order valence-corrected chi connectivity index (χ4v) is 4.42. The number of carbonyl (C=O) groups is 1. The number of aromatic nitrogens is 2. The summed E-state index contributed by atoms with van der Waals surface area (Å²) in [5, 5.41) is 0.923. The van der Waals surface area contributed by atoms with E-state index in [4.69, 9.17) is 9.72 Å². The molecule has 4 aromatic rings. The van der Waals surface area contributed by atoms with Crippen molar-refractivity contribution in [2.24, 2.45) is 0 Å². The highest BCUT2D eigenvalue weighted by molar-refractivity contribution is 14.1. The molecule has 3 aromatic carbocycles. The van der Waals surface area contributed by atoms with Crippen LogP contribution in [-0.4, -0.2) is 22.6 Å². The summed E-state index contributed by atoms with van der Waals surface area (Å²) >= 11 is 3.96. The van der Waals surface area contributed by atoms with Crippen LogP contribution < -0.4 is 0 Å². The molecule has 4 rings (SSSR count). The number of imidazole rings is 1. The minimum atomic E-state index is -0.331. The van der Waals surface area contributed by atoms with Crippen molar-refractivity contribution in [2.75, 3.05) is 7.11 Å². The predicted octanol–water partition coefficient (Wildman–Crippen LogP) is 5.63. The third-order valence-corrected chi connectivity index (χ3v) is 6.44. The minimum absolute atomic E-state index is 0.331. The van der Waals surface area contributed by atoms with Gasteiger partial charge in [-0.1, -0.05) is 42.1 Å². The van der Waals surface area contributed by atoms with E-state index in [-0.39, 0.29) is 5.97 Å². The lowest BCUT2D eigenvalue weighted by Crippen LogP contribution is -2.03. The van der Waals surface area contributed by atoms with E-state index in [2.05, 4.69) is 57.5 Å². The zero-order valence-corrected chi connectivity index (χ0v) is 18.1. The summed E-state index contributed by atoms with van der Waals surface area (Å²) in [7, 11) is 1.39. The molecule has 0 N–H and O–H groups in total. The van der Waals surface area contributed by atoms with Crippen molar-refractivity contribution >= 4 is 51.4 Å². The summed E-state index contributed by atoms with van der Waals surface area (Å²) < 4.78 is 8.24. The van der Waals surface area contributed by atoms with Crippen molar-refractivity contribution < 1.29 is 9.53 Å². The molecular weight excluding hydrogens is 483 g/mol. The van der Waals surface area contributed by atoms with Crippen LogP contribution in [-0.2, 0) is 11.3 Å². The van der Waals surface area contributed by atoms with Gasteiger partial charge in [0.05, 0.1) is 30.3 Å². The molecule has 0 radical (unpaired) electrons. The zero-order chi connectivity index (χ0) is 19.5. The maximum Gasteiger partial charge on any atom is 0.337 e. The van der Waals surface area contributed by atoms with Crippen molar-refractivity contribution in [1.29, 1.82) is 0 Å². The Kier molecular flexibility index (Phi) is 5.68. The number of nitrogens with zero attached hydrogens (tertiary/aromatic N) is 2. The molecule has 0 saturated carbocycles. The molecule has 0 aliphatic rings. The summed E-state index contributed by atoms with van der Waals surface area (Å²) in [6.07, 6.45) is 0. The van der Waals surface area contributed by atoms with Gasteiger partial charge in [0.15, 0.2) is 5.16 Å². The average Bonchev–Trinajstić information content (AvgIpc) is 3.07. The standard InChI is InChI=1S/C22H17IN2O2S/c1-27-21(26)15-10-12-17(13-11-15)28-22-24-19-8-4-5-9-20(19)25(22)14-16-6-2-3-7-18(16)23/h2-13H,14H2,1H3. The van der Waals surface area contributed by atoms with Crippen LogP contribution in [0, 0.1) is 3.57 Å². The Morgan fingerprint density at radius 2 is 1.75 bits per heavy atom. The van der Waals surface area contributed by atoms with E-state index >= 15 is 0 Å². The SMILES string of the molecule is COC(=O)c1ccc(Sc2nc3ccccc3n2Cc2ccccc2I)cc1. The molecule has 0 aliphatic heterocycles. The van der Waals surface area contributed by atoms with Gasteiger partial charge in [-0.3, -0.25) is 0 Å². The fraction of sp³-hybridized carbons (Fsp3) is 0.0909. The average molecular weight is 500 g/mol. The van der Waals surface area contributed by atoms with Crippen LogP contribution in [0.25, 0.3) is 11.0 Å². The molecule has 28 heavy (non-hydrogen) atoms. The summed E-state index contributed by atoms with van der Waals surface area (Å²) in [4.78, 5) is 17.5. The number of methoxy groups -OCH3 is 1. The summed E-state index contributed by atoms with van der Waals surface area (Å²) in [5.41, 5.74) is 3.88. The lowest BCUT2D eigenvalue weighted by atomic mass is 10.2. The Morgan fingerprint density at radius 3 is 2.50 bits per heavy atom.